The molecular formula is C9H20N2O5S. The number of hydrogen-bond donors (Lipinski definition) is 1. The maximum absolute atomic E-state index is 11.4. The summed E-state index contributed by atoms with van der Waals surface area (Å²) in [6, 6.07) is 0. The zero-order valence-corrected chi connectivity index (χ0v) is 11.2. The van der Waals surface area contributed by atoms with Gasteiger partial charge in [-0.25, -0.2) is 17.5 Å². The molecule has 0 saturated heterocycles. The first-order valence-corrected chi connectivity index (χ1v) is 7.02. The lowest BCUT2D eigenvalue weighted by Gasteiger charge is -2.19. The van der Waals surface area contributed by atoms with Crippen molar-refractivity contribution in [1.82, 2.24) is 9.62 Å². The van der Waals surface area contributed by atoms with E-state index in [1.807, 2.05) is 0 Å². The highest BCUT2D eigenvalue weighted by Gasteiger charge is 2.15. The zero-order valence-electron chi connectivity index (χ0n) is 10.4. The normalized spacial score (nSPS) is 11.5. The highest BCUT2D eigenvalue weighted by molar-refractivity contribution is 7.88. The van der Waals surface area contributed by atoms with Crippen LogP contribution in [0.5, 0.6) is 0 Å². The van der Waals surface area contributed by atoms with Crippen molar-refractivity contribution in [3.63, 3.8) is 0 Å². The van der Waals surface area contributed by atoms with Crippen LogP contribution in [0.15, 0.2) is 0 Å². The Morgan fingerprint density at radius 2 is 1.94 bits per heavy atom. The number of amides is 1. The van der Waals surface area contributed by atoms with Crippen LogP contribution in [0.25, 0.3) is 0 Å². The summed E-state index contributed by atoms with van der Waals surface area (Å²) in [5, 5.41) is 2.43. The average Bonchev–Trinajstić information content (AvgIpc) is 2.25. The largest absolute Gasteiger partial charge is 0.453 e. The molecule has 0 radical (unpaired) electrons. The Kier molecular flexibility index (Phi) is 7.85. The smallest absolute Gasteiger partial charge is 0.406 e. The number of sulfonamides is 1. The topological polar surface area (TPSA) is 84.9 Å². The van der Waals surface area contributed by atoms with Crippen molar-refractivity contribution in [1.29, 1.82) is 0 Å². The molecule has 0 aromatic heterocycles. The number of carbonyl (C=O) groups is 1. The number of nitrogens with zero attached hydrogens (tertiary/aromatic N) is 1. The van der Waals surface area contributed by atoms with Gasteiger partial charge in [-0.15, -0.1) is 0 Å². The molecular weight excluding hydrogens is 248 g/mol. The van der Waals surface area contributed by atoms with Crippen molar-refractivity contribution >= 4 is 16.1 Å². The molecule has 0 atom stereocenters. The first-order chi connectivity index (χ1) is 7.91. The summed E-state index contributed by atoms with van der Waals surface area (Å²) in [6.07, 6.45) is 1.18. The van der Waals surface area contributed by atoms with E-state index in [0.717, 1.165) is 6.26 Å². The van der Waals surface area contributed by atoms with Crippen molar-refractivity contribution in [3.8, 4) is 0 Å². The standard InChI is InChI=1S/C9H20N2O5S/c1-15-8-4-6-11(17(3,13)14)7-5-10-9(12)16-2/h4-8H2,1-3H3,(H,10,12). The fourth-order valence-electron chi connectivity index (χ4n) is 1.18. The maximum Gasteiger partial charge on any atom is 0.406 e. The average molecular weight is 268 g/mol. The Morgan fingerprint density at radius 1 is 1.29 bits per heavy atom. The van der Waals surface area contributed by atoms with Gasteiger partial charge in [0.05, 0.1) is 13.4 Å². The summed E-state index contributed by atoms with van der Waals surface area (Å²) >= 11 is 0. The molecule has 0 rings (SSSR count). The van der Waals surface area contributed by atoms with Gasteiger partial charge >= 0.3 is 6.09 Å². The third-order valence-corrected chi connectivity index (χ3v) is 3.34. The number of alkyl carbamates (subject to hydrolysis) is 1. The molecule has 7 nitrogen and oxygen atoms in total. The van der Waals surface area contributed by atoms with Crippen molar-refractivity contribution in [2.45, 2.75) is 6.42 Å². The van der Waals surface area contributed by atoms with Gasteiger partial charge < -0.3 is 14.8 Å². The minimum Gasteiger partial charge on any atom is -0.453 e. The van der Waals surface area contributed by atoms with Crippen LogP contribution in [0, 0.1) is 0 Å². The summed E-state index contributed by atoms with van der Waals surface area (Å²) in [5.74, 6) is 0. The molecule has 0 spiro atoms. The first-order valence-electron chi connectivity index (χ1n) is 5.17. The van der Waals surface area contributed by atoms with E-state index in [0.29, 0.717) is 19.6 Å². The number of ether oxygens (including phenoxy) is 2. The fraction of sp³-hybridized carbons (Fsp3) is 0.889. The molecule has 0 aliphatic rings. The highest BCUT2D eigenvalue weighted by atomic mass is 32.2. The maximum atomic E-state index is 11.4. The van der Waals surface area contributed by atoms with E-state index in [-0.39, 0.29) is 13.1 Å². The Balaban J connectivity index is 4.08. The van der Waals surface area contributed by atoms with Crippen LogP contribution in [0.4, 0.5) is 4.79 Å². The van der Waals surface area contributed by atoms with Crippen LogP contribution in [0.2, 0.25) is 0 Å². The van der Waals surface area contributed by atoms with Crippen LogP contribution in [0.1, 0.15) is 6.42 Å². The minimum absolute atomic E-state index is 0.215. The number of rotatable bonds is 8. The molecule has 0 aliphatic carbocycles. The van der Waals surface area contributed by atoms with Crippen LogP contribution in [-0.4, -0.2) is 65.5 Å². The van der Waals surface area contributed by atoms with Crippen molar-refractivity contribution in [2.75, 3.05) is 46.7 Å². The quantitative estimate of drug-likeness (QED) is 0.608. The zero-order chi connectivity index (χ0) is 13.3. The number of carbonyl (C=O) groups excluding carboxylic acids is 1. The Labute approximate surface area is 102 Å². The second-order valence-corrected chi connectivity index (χ2v) is 5.41. The van der Waals surface area contributed by atoms with Crippen LogP contribution in [-0.2, 0) is 19.5 Å². The molecule has 1 N–H and O–H groups in total. The summed E-state index contributed by atoms with van der Waals surface area (Å²) in [6.45, 7) is 1.30. The molecule has 0 bridgehead atoms. The van der Waals surface area contributed by atoms with E-state index in [9.17, 15) is 13.2 Å². The molecule has 0 aromatic carbocycles. The molecule has 102 valence electrons. The van der Waals surface area contributed by atoms with Crippen LogP contribution in [0.3, 0.4) is 0 Å². The fourth-order valence-corrected chi connectivity index (χ4v) is 2.07. The molecule has 0 aromatic rings. The lowest BCUT2D eigenvalue weighted by molar-refractivity contribution is 0.169. The number of hydrogen-bond acceptors (Lipinski definition) is 5. The lowest BCUT2D eigenvalue weighted by Crippen LogP contribution is -2.38. The predicted octanol–water partition coefficient (Wildman–Crippen LogP) is -0.359. The number of methoxy groups -OCH3 is 2. The van der Waals surface area contributed by atoms with E-state index >= 15 is 0 Å². The third kappa shape index (κ3) is 7.94. The molecule has 0 saturated carbocycles. The van der Waals surface area contributed by atoms with Gasteiger partial charge in [0.2, 0.25) is 10.0 Å². The monoisotopic (exact) mass is 268 g/mol. The molecule has 0 fully saturated rings. The second kappa shape index (κ2) is 8.26. The van der Waals surface area contributed by atoms with E-state index in [1.165, 1.54) is 11.4 Å². The van der Waals surface area contributed by atoms with Crippen molar-refractivity contribution in [3.05, 3.63) is 0 Å². The molecule has 0 unspecified atom stereocenters. The van der Waals surface area contributed by atoms with Crippen LogP contribution < -0.4 is 5.32 Å². The molecule has 0 heterocycles. The van der Waals surface area contributed by atoms with Crippen molar-refractivity contribution in [2.24, 2.45) is 0 Å². The Morgan fingerprint density at radius 3 is 2.41 bits per heavy atom. The van der Waals surface area contributed by atoms with Gasteiger partial charge in [0, 0.05) is 33.4 Å². The van der Waals surface area contributed by atoms with Gasteiger partial charge in [0.15, 0.2) is 0 Å². The van der Waals surface area contributed by atoms with Gasteiger partial charge in [-0.2, -0.15) is 0 Å². The van der Waals surface area contributed by atoms with Gasteiger partial charge in [-0.3, -0.25) is 0 Å². The number of nitrogens with one attached hydrogen (secondary N) is 1. The predicted molar refractivity (Wildman–Crippen MR) is 63.3 cm³/mol. The van der Waals surface area contributed by atoms with Gasteiger partial charge in [0.25, 0.3) is 0 Å². The van der Waals surface area contributed by atoms with Crippen LogP contribution >= 0.6 is 0 Å². The summed E-state index contributed by atoms with van der Waals surface area (Å²) in [5.41, 5.74) is 0. The van der Waals surface area contributed by atoms with Gasteiger partial charge in [-0.05, 0) is 6.42 Å². The third-order valence-electron chi connectivity index (χ3n) is 2.04. The highest BCUT2D eigenvalue weighted by Crippen LogP contribution is 1.99. The van der Waals surface area contributed by atoms with Gasteiger partial charge in [-0.1, -0.05) is 0 Å². The van der Waals surface area contributed by atoms with E-state index in [4.69, 9.17) is 4.74 Å². The molecule has 17 heavy (non-hydrogen) atoms. The Hall–Kier alpha value is -0.860. The lowest BCUT2D eigenvalue weighted by atomic mass is 10.4. The molecule has 0 aliphatic heterocycles. The SMILES string of the molecule is COCCCN(CCNC(=O)OC)S(C)(=O)=O. The Bertz CT molecular complexity index is 317. The van der Waals surface area contributed by atoms with Crippen molar-refractivity contribution < 1.29 is 22.7 Å². The first kappa shape index (κ1) is 16.1. The second-order valence-electron chi connectivity index (χ2n) is 3.43. The van der Waals surface area contributed by atoms with E-state index in [2.05, 4.69) is 10.1 Å². The molecule has 8 heteroatoms. The van der Waals surface area contributed by atoms with Gasteiger partial charge in [0.1, 0.15) is 0 Å². The summed E-state index contributed by atoms with van der Waals surface area (Å²) in [7, 11) is -0.453. The summed E-state index contributed by atoms with van der Waals surface area (Å²) in [4.78, 5) is 10.8. The van der Waals surface area contributed by atoms with E-state index in [1.54, 1.807) is 7.11 Å². The van der Waals surface area contributed by atoms with E-state index < -0.39 is 16.1 Å². The summed E-state index contributed by atoms with van der Waals surface area (Å²) < 4.78 is 33.3. The minimum atomic E-state index is -3.26. The molecule has 1 amide bonds.